The normalized spacial score (nSPS) is 13.6. The molecule has 0 unspecified atom stereocenters. The Balaban J connectivity index is 1.15. The lowest BCUT2D eigenvalue weighted by atomic mass is 10.00. The summed E-state index contributed by atoms with van der Waals surface area (Å²) in [5.74, 6) is -0.0249. The van der Waals surface area contributed by atoms with Crippen molar-refractivity contribution in [2.45, 2.75) is 12.8 Å². The molecule has 2 aromatic heterocycles. The van der Waals surface area contributed by atoms with Gasteiger partial charge in [0.15, 0.2) is 5.65 Å². The number of carbonyl (C=O) groups excluding carboxylic acids is 2. The van der Waals surface area contributed by atoms with Gasteiger partial charge in [0.2, 0.25) is 11.9 Å². The Morgan fingerprint density at radius 1 is 1.02 bits per heavy atom. The zero-order valence-corrected chi connectivity index (χ0v) is 22.9. The number of amides is 2. The van der Waals surface area contributed by atoms with Crippen molar-refractivity contribution in [3.8, 4) is 16.9 Å². The number of halogens is 1. The molecule has 2 N–H and O–H groups in total. The third-order valence-corrected chi connectivity index (χ3v) is 7.08. The maximum absolute atomic E-state index is 13.2. The fourth-order valence-corrected chi connectivity index (χ4v) is 4.71. The number of hydrogen-bond acceptors (Lipinski definition) is 7. The van der Waals surface area contributed by atoms with Gasteiger partial charge < -0.3 is 20.1 Å². The number of aromatic nitrogens is 3. The molecule has 0 spiro atoms. The standard InChI is InChI=1S/C31H27FN6O4/c1-19(20-3-8-23(32)9-4-20)29(39)33-24-10-5-21(6-11-24)22-7-14-28-35-30(36-38(28)18-22)34-26-13-12-25(17-27(26)41-2)37-15-16-42-31(37)40/h3-14,17-19H,15-16H2,1-2H3,(H,33,39)(H,34,36)/t19-/m1/s1. The van der Waals surface area contributed by atoms with Crippen LogP contribution in [-0.2, 0) is 9.53 Å². The first-order chi connectivity index (χ1) is 20.4. The summed E-state index contributed by atoms with van der Waals surface area (Å²) in [6.45, 7) is 2.62. The topological polar surface area (TPSA) is 110 Å². The number of pyridine rings is 1. The maximum Gasteiger partial charge on any atom is 0.414 e. The summed E-state index contributed by atoms with van der Waals surface area (Å²) in [5.41, 5.74) is 5.23. The molecular weight excluding hydrogens is 539 g/mol. The quantitative estimate of drug-likeness (QED) is 0.238. The van der Waals surface area contributed by atoms with Gasteiger partial charge in [0.05, 0.1) is 30.9 Å². The van der Waals surface area contributed by atoms with Gasteiger partial charge >= 0.3 is 6.09 Å². The van der Waals surface area contributed by atoms with E-state index in [1.807, 2.05) is 42.6 Å². The van der Waals surface area contributed by atoms with Crippen molar-refractivity contribution in [2.75, 3.05) is 35.8 Å². The van der Waals surface area contributed by atoms with Gasteiger partial charge in [0, 0.05) is 23.5 Å². The van der Waals surface area contributed by atoms with Crippen molar-refractivity contribution in [3.63, 3.8) is 0 Å². The second-order valence-corrected chi connectivity index (χ2v) is 9.77. The number of anilines is 4. The number of carbonyl (C=O) groups is 2. The molecule has 0 bridgehead atoms. The molecule has 2 amide bonds. The summed E-state index contributed by atoms with van der Waals surface area (Å²) in [5, 5.41) is 10.7. The summed E-state index contributed by atoms with van der Waals surface area (Å²) >= 11 is 0. The molecule has 0 saturated carbocycles. The number of nitrogens with zero attached hydrogens (tertiary/aromatic N) is 4. The van der Waals surface area contributed by atoms with Crippen LogP contribution in [0.5, 0.6) is 5.75 Å². The molecule has 3 heterocycles. The van der Waals surface area contributed by atoms with Gasteiger partial charge in [-0.15, -0.1) is 5.10 Å². The summed E-state index contributed by atoms with van der Waals surface area (Å²) < 4.78 is 25.5. The molecule has 42 heavy (non-hydrogen) atoms. The van der Waals surface area contributed by atoms with Crippen LogP contribution in [0.25, 0.3) is 16.8 Å². The van der Waals surface area contributed by atoms with Gasteiger partial charge in [-0.25, -0.2) is 13.7 Å². The molecule has 0 radical (unpaired) electrons. The zero-order chi connectivity index (χ0) is 29.2. The lowest BCUT2D eigenvalue weighted by Gasteiger charge is -2.16. The fourth-order valence-electron chi connectivity index (χ4n) is 4.71. The third kappa shape index (κ3) is 5.44. The Kier molecular flexibility index (Phi) is 7.14. The molecule has 1 aliphatic heterocycles. The summed E-state index contributed by atoms with van der Waals surface area (Å²) in [6, 6.07) is 22.6. The van der Waals surface area contributed by atoms with Crippen molar-refractivity contribution >= 4 is 40.7 Å². The van der Waals surface area contributed by atoms with E-state index in [4.69, 9.17) is 9.47 Å². The van der Waals surface area contributed by atoms with Crippen LogP contribution in [0.3, 0.4) is 0 Å². The number of ether oxygens (including phenoxy) is 2. The average molecular weight is 567 g/mol. The van der Waals surface area contributed by atoms with Crippen LogP contribution in [0.15, 0.2) is 85.1 Å². The second kappa shape index (κ2) is 11.2. The summed E-state index contributed by atoms with van der Waals surface area (Å²) in [6.07, 6.45) is 1.49. The number of cyclic esters (lactones) is 1. The first-order valence-corrected chi connectivity index (χ1v) is 13.3. The Labute approximate surface area is 240 Å². The Bertz CT molecular complexity index is 1770. The lowest BCUT2D eigenvalue weighted by molar-refractivity contribution is -0.117. The monoisotopic (exact) mass is 566 g/mol. The van der Waals surface area contributed by atoms with Crippen LogP contribution in [0.4, 0.5) is 32.2 Å². The number of fused-ring (bicyclic) bond motifs is 1. The molecule has 1 saturated heterocycles. The highest BCUT2D eigenvalue weighted by atomic mass is 19.1. The molecule has 0 aliphatic carbocycles. The van der Waals surface area contributed by atoms with E-state index < -0.39 is 5.92 Å². The van der Waals surface area contributed by atoms with Crippen molar-refractivity contribution < 1.29 is 23.5 Å². The van der Waals surface area contributed by atoms with E-state index in [1.54, 1.807) is 53.8 Å². The third-order valence-electron chi connectivity index (χ3n) is 7.08. The van der Waals surface area contributed by atoms with E-state index in [2.05, 4.69) is 20.7 Å². The van der Waals surface area contributed by atoms with Crippen molar-refractivity contribution in [2.24, 2.45) is 0 Å². The summed E-state index contributed by atoms with van der Waals surface area (Å²) in [7, 11) is 1.55. The fraction of sp³-hybridized carbons (Fsp3) is 0.161. The first kappa shape index (κ1) is 26.8. The minimum absolute atomic E-state index is 0.178. The van der Waals surface area contributed by atoms with Crippen LogP contribution < -0.4 is 20.3 Å². The highest BCUT2D eigenvalue weighted by Gasteiger charge is 2.24. The molecule has 10 nitrogen and oxygen atoms in total. The van der Waals surface area contributed by atoms with Crippen LogP contribution in [-0.4, -0.2) is 46.9 Å². The Morgan fingerprint density at radius 3 is 2.50 bits per heavy atom. The SMILES string of the molecule is COc1cc(N2CCOC2=O)ccc1Nc1nc2ccc(-c3ccc(NC(=O)[C@H](C)c4ccc(F)cc4)cc3)cn2n1. The predicted molar refractivity (Wildman–Crippen MR) is 157 cm³/mol. The number of rotatable bonds is 8. The van der Waals surface area contributed by atoms with Crippen molar-refractivity contribution in [3.05, 3.63) is 96.4 Å². The number of hydrogen-bond donors (Lipinski definition) is 2. The lowest BCUT2D eigenvalue weighted by Crippen LogP contribution is -2.23. The predicted octanol–water partition coefficient (Wildman–Crippen LogP) is 5.99. The van der Waals surface area contributed by atoms with Gasteiger partial charge in [0.25, 0.3) is 0 Å². The molecule has 212 valence electrons. The van der Waals surface area contributed by atoms with E-state index in [-0.39, 0.29) is 17.8 Å². The maximum atomic E-state index is 13.2. The number of nitrogens with one attached hydrogen (secondary N) is 2. The van der Waals surface area contributed by atoms with E-state index in [0.29, 0.717) is 47.6 Å². The number of methoxy groups -OCH3 is 1. The van der Waals surface area contributed by atoms with Crippen LogP contribution in [0, 0.1) is 5.82 Å². The molecule has 1 fully saturated rings. The van der Waals surface area contributed by atoms with Crippen molar-refractivity contribution in [1.29, 1.82) is 0 Å². The molecule has 3 aromatic carbocycles. The van der Waals surface area contributed by atoms with Crippen LogP contribution in [0.2, 0.25) is 0 Å². The molecular formula is C31H27FN6O4. The molecule has 5 aromatic rings. The smallest absolute Gasteiger partial charge is 0.414 e. The molecule has 6 rings (SSSR count). The van der Waals surface area contributed by atoms with E-state index >= 15 is 0 Å². The number of benzene rings is 3. The second-order valence-electron chi connectivity index (χ2n) is 9.77. The first-order valence-electron chi connectivity index (χ1n) is 13.3. The minimum atomic E-state index is -0.426. The van der Waals surface area contributed by atoms with Crippen LogP contribution in [0.1, 0.15) is 18.4 Å². The van der Waals surface area contributed by atoms with Gasteiger partial charge in [-0.1, -0.05) is 24.3 Å². The van der Waals surface area contributed by atoms with Gasteiger partial charge in [-0.2, -0.15) is 4.98 Å². The van der Waals surface area contributed by atoms with E-state index in [1.165, 1.54) is 12.1 Å². The van der Waals surface area contributed by atoms with E-state index in [9.17, 15) is 14.0 Å². The van der Waals surface area contributed by atoms with E-state index in [0.717, 1.165) is 16.7 Å². The van der Waals surface area contributed by atoms with Gasteiger partial charge in [0.1, 0.15) is 18.2 Å². The van der Waals surface area contributed by atoms with Crippen molar-refractivity contribution in [1.82, 2.24) is 14.6 Å². The Morgan fingerprint density at radius 2 is 1.79 bits per heavy atom. The van der Waals surface area contributed by atoms with Crippen LogP contribution >= 0.6 is 0 Å². The highest BCUT2D eigenvalue weighted by Crippen LogP contribution is 2.33. The minimum Gasteiger partial charge on any atom is -0.494 e. The molecule has 1 aliphatic rings. The van der Waals surface area contributed by atoms with Gasteiger partial charge in [-0.3, -0.25) is 9.69 Å². The summed E-state index contributed by atoms with van der Waals surface area (Å²) in [4.78, 5) is 30.7. The van der Waals surface area contributed by atoms with Gasteiger partial charge in [-0.05, 0) is 66.6 Å². The Hall–Kier alpha value is -5.45. The highest BCUT2D eigenvalue weighted by molar-refractivity contribution is 5.95. The molecule has 11 heteroatoms. The zero-order valence-electron chi connectivity index (χ0n) is 22.9. The molecule has 1 atom stereocenters. The largest absolute Gasteiger partial charge is 0.494 e. The average Bonchev–Trinajstić information content (AvgIpc) is 3.62.